The van der Waals surface area contributed by atoms with Crippen LogP contribution in [0.25, 0.3) is 0 Å². The van der Waals surface area contributed by atoms with Crippen LogP contribution in [0.2, 0.25) is 0 Å². The van der Waals surface area contributed by atoms with Crippen LogP contribution in [-0.4, -0.2) is 8.42 Å². The molecule has 2 aliphatic rings. The van der Waals surface area contributed by atoms with Gasteiger partial charge in [0, 0.05) is 0 Å². The minimum Gasteiger partial charge on any atom is -0.218 e. The maximum atomic E-state index is 11.8. The second-order valence-electron chi connectivity index (χ2n) is 5.50. The van der Waals surface area contributed by atoms with Gasteiger partial charge in [0.15, 0.2) is 0 Å². The zero-order valence-corrected chi connectivity index (χ0v) is 13.2. The molecule has 2 aliphatic carbocycles. The Morgan fingerprint density at radius 3 is 1.67 bits per heavy atom. The predicted molar refractivity (Wildman–Crippen MR) is 87.3 cm³/mol. The van der Waals surface area contributed by atoms with E-state index in [0.29, 0.717) is 0 Å². The van der Waals surface area contributed by atoms with Gasteiger partial charge in [0.2, 0.25) is 9.84 Å². The van der Waals surface area contributed by atoms with E-state index in [0.717, 1.165) is 36.5 Å². The third-order valence-electron chi connectivity index (χ3n) is 3.65. The summed E-state index contributed by atoms with van der Waals surface area (Å²) in [6.45, 7) is 0. The van der Waals surface area contributed by atoms with Crippen molar-refractivity contribution in [2.75, 3.05) is 0 Å². The maximum absolute atomic E-state index is 11.8. The molecule has 0 unspecified atom stereocenters. The fourth-order valence-corrected chi connectivity index (χ4v) is 3.08. The Morgan fingerprint density at radius 2 is 1.29 bits per heavy atom. The van der Waals surface area contributed by atoms with Crippen LogP contribution in [0.1, 0.15) is 51.4 Å². The molecule has 0 N–H and O–H groups in total. The van der Waals surface area contributed by atoms with Gasteiger partial charge in [-0.3, -0.25) is 0 Å². The predicted octanol–water partition coefficient (Wildman–Crippen LogP) is 4.74. The molecule has 0 atom stereocenters. The number of sulfone groups is 1. The quantitative estimate of drug-likeness (QED) is 0.703. The Morgan fingerprint density at radius 1 is 0.810 bits per heavy atom. The van der Waals surface area contributed by atoms with Gasteiger partial charge in [-0.15, -0.1) is 11.5 Å². The smallest absolute Gasteiger partial charge is 0.207 e. The minimum atomic E-state index is -3.37. The Balaban J connectivity index is 2.01. The van der Waals surface area contributed by atoms with Gasteiger partial charge >= 0.3 is 0 Å². The second-order valence-corrected chi connectivity index (χ2v) is 7.15. The highest BCUT2D eigenvalue weighted by Gasteiger charge is 2.01. The molecule has 0 aliphatic heterocycles. The van der Waals surface area contributed by atoms with Crippen molar-refractivity contribution in [1.82, 2.24) is 0 Å². The van der Waals surface area contributed by atoms with E-state index in [2.05, 4.69) is 23.6 Å². The van der Waals surface area contributed by atoms with E-state index in [4.69, 9.17) is 0 Å². The number of hydrogen-bond acceptors (Lipinski definition) is 2. The van der Waals surface area contributed by atoms with Gasteiger partial charge in [-0.2, -0.15) is 0 Å². The Kier molecular flexibility index (Phi) is 6.07. The summed E-state index contributed by atoms with van der Waals surface area (Å²) in [6.07, 6.45) is 16.9. The van der Waals surface area contributed by atoms with Crippen LogP contribution in [0, 0.1) is 0 Å². The highest BCUT2D eigenvalue weighted by Crippen LogP contribution is 2.18. The summed E-state index contributed by atoms with van der Waals surface area (Å²) in [5.41, 5.74) is 7.92. The third kappa shape index (κ3) is 6.18. The van der Waals surface area contributed by atoms with Gasteiger partial charge in [-0.25, -0.2) is 8.42 Å². The first kappa shape index (κ1) is 15.9. The van der Waals surface area contributed by atoms with Crippen molar-refractivity contribution in [3.63, 3.8) is 0 Å². The summed E-state index contributed by atoms with van der Waals surface area (Å²) in [4.78, 5) is 0. The lowest BCUT2D eigenvalue weighted by Gasteiger charge is -2.06. The van der Waals surface area contributed by atoms with Gasteiger partial charge in [0.25, 0.3) is 0 Å². The number of rotatable bonds is 4. The highest BCUT2D eigenvalue weighted by molar-refractivity contribution is 7.97. The van der Waals surface area contributed by atoms with Crippen LogP contribution >= 0.6 is 0 Å². The van der Waals surface area contributed by atoms with Crippen molar-refractivity contribution in [1.29, 1.82) is 0 Å². The molecule has 0 spiro atoms. The van der Waals surface area contributed by atoms with Crippen molar-refractivity contribution in [2.45, 2.75) is 51.4 Å². The van der Waals surface area contributed by atoms with Crippen LogP contribution in [0.4, 0.5) is 0 Å². The molecule has 0 saturated heterocycles. The molecule has 2 nitrogen and oxygen atoms in total. The molecule has 21 heavy (non-hydrogen) atoms. The van der Waals surface area contributed by atoms with E-state index in [1.165, 1.54) is 36.8 Å². The van der Waals surface area contributed by atoms with Crippen LogP contribution in [0.5, 0.6) is 0 Å². The molecule has 0 aromatic heterocycles. The van der Waals surface area contributed by atoms with Gasteiger partial charge in [-0.1, -0.05) is 12.2 Å². The zero-order chi connectivity index (χ0) is 15.0. The first-order chi connectivity index (χ1) is 10.2. The molecular formula is C18H22O2S. The molecule has 0 amide bonds. The second kappa shape index (κ2) is 8.05. The molecule has 0 fully saturated rings. The van der Waals surface area contributed by atoms with Crippen LogP contribution in [0.3, 0.4) is 0 Å². The average molecular weight is 302 g/mol. The van der Waals surface area contributed by atoms with Crippen molar-refractivity contribution in [2.24, 2.45) is 0 Å². The molecule has 0 saturated carbocycles. The summed E-state index contributed by atoms with van der Waals surface area (Å²) in [5.74, 6) is 0. The van der Waals surface area contributed by atoms with Crippen LogP contribution in [0.15, 0.2) is 57.7 Å². The molecule has 0 aromatic rings. The Hall–Kier alpha value is -1.53. The average Bonchev–Trinajstić information content (AvgIpc) is 2.49. The van der Waals surface area contributed by atoms with Crippen molar-refractivity contribution in [3.8, 4) is 0 Å². The highest BCUT2D eigenvalue weighted by atomic mass is 32.2. The molecule has 2 rings (SSSR count). The lowest BCUT2D eigenvalue weighted by atomic mass is 10.00. The first-order valence-corrected chi connectivity index (χ1v) is 9.25. The van der Waals surface area contributed by atoms with E-state index in [-0.39, 0.29) is 0 Å². The normalized spacial score (nSPS) is 18.5. The van der Waals surface area contributed by atoms with Crippen LogP contribution in [-0.2, 0) is 9.84 Å². The van der Waals surface area contributed by atoms with E-state index in [1.54, 1.807) is 12.2 Å². The third-order valence-corrected chi connectivity index (χ3v) is 4.58. The van der Waals surface area contributed by atoms with Gasteiger partial charge in [0.05, 0.1) is 10.8 Å². The Bertz CT molecular complexity index is 595. The van der Waals surface area contributed by atoms with E-state index < -0.39 is 9.84 Å². The van der Waals surface area contributed by atoms with Crippen molar-refractivity contribution >= 4 is 9.84 Å². The number of allylic oxidation sites excluding steroid dienone is 6. The molecule has 0 aromatic carbocycles. The first-order valence-electron chi connectivity index (χ1n) is 7.64. The summed E-state index contributed by atoms with van der Waals surface area (Å²) < 4.78 is 23.6. The molecule has 112 valence electrons. The Labute approximate surface area is 127 Å². The van der Waals surface area contributed by atoms with Gasteiger partial charge < -0.3 is 0 Å². The van der Waals surface area contributed by atoms with Crippen molar-refractivity contribution < 1.29 is 8.42 Å². The minimum absolute atomic E-state index is 1.02. The maximum Gasteiger partial charge on any atom is 0.207 e. The summed E-state index contributed by atoms with van der Waals surface area (Å²) in [7, 11) is -3.37. The van der Waals surface area contributed by atoms with Crippen molar-refractivity contribution in [3.05, 3.63) is 57.7 Å². The molecule has 0 bridgehead atoms. The number of hydrogen-bond donors (Lipinski definition) is 0. The largest absolute Gasteiger partial charge is 0.218 e. The van der Waals surface area contributed by atoms with E-state index >= 15 is 0 Å². The monoisotopic (exact) mass is 302 g/mol. The molecule has 3 heteroatoms. The fraction of sp³-hybridized carbons (Fsp3) is 0.444. The summed E-state index contributed by atoms with van der Waals surface area (Å²) in [6, 6.07) is 0. The zero-order valence-electron chi connectivity index (χ0n) is 12.3. The fourth-order valence-electron chi connectivity index (χ4n) is 2.49. The molecular weight excluding hydrogens is 280 g/mol. The lowest BCUT2D eigenvalue weighted by Crippen LogP contribution is -1.89. The SMILES string of the molecule is O=S(=O)(C=C=CC1=CCCCC1)C=C=CC1=CCCCC1. The van der Waals surface area contributed by atoms with Crippen LogP contribution < -0.4 is 0 Å². The standard InChI is InChI=1S/C18H22O2S/c19-21(20,15-7-13-17-9-3-1-4-10-17)16-8-14-18-11-5-2-6-12-18/h9,11,13-16H,1-6,10,12H2. The molecule has 0 heterocycles. The van der Waals surface area contributed by atoms with Gasteiger partial charge in [0.1, 0.15) is 0 Å². The van der Waals surface area contributed by atoms with E-state index in [1.807, 2.05) is 0 Å². The van der Waals surface area contributed by atoms with Gasteiger partial charge in [-0.05, 0) is 74.7 Å². The summed E-state index contributed by atoms with van der Waals surface area (Å²) in [5, 5.41) is 2.25. The van der Waals surface area contributed by atoms with E-state index in [9.17, 15) is 8.42 Å². The molecule has 0 radical (unpaired) electrons. The topological polar surface area (TPSA) is 34.1 Å². The lowest BCUT2D eigenvalue weighted by molar-refractivity contribution is 0.612. The summed E-state index contributed by atoms with van der Waals surface area (Å²) >= 11 is 0.